The lowest BCUT2D eigenvalue weighted by molar-refractivity contribution is 0.306. The van der Waals surface area contributed by atoms with Crippen LogP contribution in [0.25, 0.3) is 11.0 Å². The zero-order valence-electron chi connectivity index (χ0n) is 14.3. The van der Waals surface area contributed by atoms with Gasteiger partial charge in [-0.1, -0.05) is 18.2 Å². The Labute approximate surface area is 156 Å². The van der Waals surface area contributed by atoms with Crippen molar-refractivity contribution < 1.29 is 4.74 Å². The maximum absolute atomic E-state index is 8.85. The summed E-state index contributed by atoms with van der Waals surface area (Å²) in [4.78, 5) is 12.7. The second kappa shape index (κ2) is 7.50. The maximum atomic E-state index is 8.85. The minimum atomic E-state index is 0.426. The first-order valence-electron chi connectivity index (χ1n) is 8.36. The summed E-state index contributed by atoms with van der Waals surface area (Å²) in [7, 11) is 0. The number of nitrogens with one attached hydrogen (secondary N) is 1. The van der Waals surface area contributed by atoms with Crippen molar-refractivity contribution in [2.45, 2.75) is 6.61 Å². The van der Waals surface area contributed by atoms with Gasteiger partial charge in [0, 0.05) is 18.0 Å². The Hall–Kier alpha value is -3.98. The molecule has 0 radical (unpaired) electrons. The Morgan fingerprint density at radius 1 is 0.963 bits per heavy atom. The molecule has 27 heavy (non-hydrogen) atoms. The maximum Gasteiger partial charge on any atom is 0.164 e. The number of nitrogens with zero attached hydrogens (tertiary/aromatic N) is 4. The molecule has 0 fully saturated rings. The van der Waals surface area contributed by atoms with E-state index in [0.29, 0.717) is 23.6 Å². The summed E-state index contributed by atoms with van der Waals surface area (Å²) < 4.78 is 5.86. The zero-order valence-corrected chi connectivity index (χ0v) is 14.3. The van der Waals surface area contributed by atoms with Gasteiger partial charge in [0.25, 0.3) is 0 Å². The standard InChI is InChI=1S/C21H15N5O/c22-12-15-6-8-16(9-7-15)13-27-18-4-1-3-17(11-18)26-21-19-5-2-10-23-20(19)24-14-25-21/h1-11,14H,13H2,(H,23,24,25,26). The summed E-state index contributed by atoms with van der Waals surface area (Å²) in [5, 5.41) is 13.0. The SMILES string of the molecule is N#Cc1ccc(COc2cccc(Nc3ncnc4ncccc34)c2)cc1. The summed E-state index contributed by atoms with van der Waals surface area (Å²) in [6, 6.07) is 20.9. The predicted molar refractivity (Wildman–Crippen MR) is 103 cm³/mol. The number of hydrogen-bond donors (Lipinski definition) is 1. The van der Waals surface area contributed by atoms with E-state index in [1.165, 1.54) is 6.33 Å². The van der Waals surface area contributed by atoms with E-state index in [1.54, 1.807) is 18.3 Å². The largest absolute Gasteiger partial charge is 0.489 e. The lowest BCUT2D eigenvalue weighted by atomic mass is 10.1. The first-order chi connectivity index (χ1) is 13.3. The van der Waals surface area contributed by atoms with Crippen molar-refractivity contribution in [3.8, 4) is 11.8 Å². The molecule has 0 saturated carbocycles. The van der Waals surface area contributed by atoms with E-state index in [-0.39, 0.29) is 0 Å². The number of aromatic nitrogens is 3. The quantitative estimate of drug-likeness (QED) is 0.578. The van der Waals surface area contributed by atoms with Crippen LogP contribution in [-0.4, -0.2) is 15.0 Å². The fourth-order valence-electron chi connectivity index (χ4n) is 2.64. The summed E-state index contributed by atoms with van der Waals surface area (Å²) in [5.74, 6) is 1.43. The molecule has 0 spiro atoms. The number of pyridine rings is 1. The molecule has 6 nitrogen and oxygen atoms in total. The molecule has 4 aromatic rings. The molecule has 2 aromatic carbocycles. The van der Waals surface area contributed by atoms with Crippen LogP contribution >= 0.6 is 0 Å². The normalized spacial score (nSPS) is 10.3. The molecule has 2 heterocycles. The van der Waals surface area contributed by atoms with Crippen LogP contribution in [0.5, 0.6) is 5.75 Å². The molecular weight excluding hydrogens is 338 g/mol. The fraction of sp³-hybridized carbons (Fsp3) is 0.0476. The monoisotopic (exact) mass is 353 g/mol. The first-order valence-corrected chi connectivity index (χ1v) is 8.36. The predicted octanol–water partition coefficient (Wildman–Crippen LogP) is 4.22. The van der Waals surface area contributed by atoms with Gasteiger partial charge in [-0.05, 0) is 42.0 Å². The summed E-state index contributed by atoms with van der Waals surface area (Å²) in [5.41, 5.74) is 3.14. The van der Waals surface area contributed by atoms with Crippen LogP contribution in [-0.2, 0) is 6.61 Å². The van der Waals surface area contributed by atoms with Gasteiger partial charge in [-0.15, -0.1) is 0 Å². The van der Waals surface area contributed by atoms with Crippen LogP contribution in [0.15, 0.2) is 73.2 Å². The lowest BCUT2D eigenvalue weighted by Gasteiger charge is -2.10. The first kappa shape index (κ1) is 16.5. The minimum absolute atomic E-state index is 0.426. The van der Waals surface area contributed by atoms with Crippen molar-refractivity contribution in [3.05, 3.63) is 84.3 Å². The molecule has 6 heteroatoms. The van der Waals surface area contributed by atoms with E-state index in [1.807, 2.05) is 48.5 Å². The van der Waals surface area contributed by atoms with Crippen molar-refractivity contribution in [2.75, 3.05) is 5.32 Å². The topological polar surface area (TPSA) is 83.7 Å². The summed E-state index contributed by atoms with van der Waals surface area (Å²) >= 11 is 0. The summed E-state index contributed by atoms with van der Waals surface area (Å²) in [6.07, 6.45) is 3.19. The molecule has 2 aromatic heterocycles. The van der Waals surface area contributed by atoms with Gasteiger partial charge in [-0.2, -0.15) is 5.26 Å². The van der Waals surface area contributed by atoms with E-state index in [2.05, 4.69) is 26.3 Å². The summed E-state index contributed by atoms with van der Waals surface area (Å²) in [6.45, 7) is 0.426. The van der Waals surface area contributed by atoms with E-state index in [4.69, 9.17) is 10.00 Å². The minimum Gasteiger partial charge on any atom is -0.489 e. The van der Waals surface area contributed by atoms with E-state index in [9.17, 15) is 0 Å². The molecule has 0 atom stereocenters. The third-order valence-electron chi connectivity index (χ3n) is 3.99. The third-order valence-corrected chi connectivity index (χ3v) is 3.99. The third kappa shape index (κ3) is 3.83. The van der Waals surface area contributed by atoms with Crippen molar-refractivity contribution >= 4 is 22.5 Å². The Morgan fingerprint density at radius 2 is 1.85 bits per heavy atom. The highest BCUT2D eigenvalue weighted by molar-refractivity contribution is 5.88. The van der Waals surface area contributed by atoms with E-state index >= 15 is 0 Å². The van der Waals surface area contributed by atoms with Crippen molar-refractivity contribution in [3.63, 3.8) is 0 Å². The van der Waals surface area contributed by atoms with Crippen LogP contribution in [0.2, 0.25) is 0 Å². The fourth-order valence-corrected chi connectivity index (χ4v) is 2.64. The molecule has 0 amide bonds. The number of benzene rings is 2. The Morgan fingerprint density at radius 3 is 2.70 bits per heavy atom. The van der Waals surface area contributed by atoms with Crippen molar-refractivity contribution in [1.82, 2.24) is 15.0 Å². The molecule has 0 unspecified atom stereocenters. The highest BCUT2D eigenvalue weighted by Crippen LogP contribution is 2.24. The van der Waals surface area contributed by atoms with E-state index < -0.39 is 0 Å². The number of anilines is 2. The molecule has 0 saturated heterocycles. The number of fused-ring (bicyclic) bond motifs is 1. The molecule has 4 rings (SSSR count). The number of hydrogen-bond acceptors (Lipinski definition) is 6. The molecule has 0 bridgehead atoms. The smallest absolute Gasteiger partial charge is 0.164 e. The van der Waals surface area contributed by atoms with Crippen LogP contribution in [0.4, 0.5) is 11.5 Å². The Balaban J connectivity index is 1.49. The average molecular weight is 353 g/mol. The van der Waals surface area contributed by atoms with Crippen LogP contribution in [0, 0.1) is 11.3 Å². The number of ether oxygens (including phenoxy) is 1. The molecule has 130 valence electrons. The van der Waals surface area contributed by atoms with Crippen molar-refractivity contribution in [2.24, 2.45) is 0 Å². The Bertz CT molecular complexity index is 1110. The van der Waals surface area contributed by atoms with Gasteiger partial charge < -0.3 is 10.1 Å². The van der Waals surface area contributed by atoms with Gasteiger partial charge >= 0.3 is 0 Å². The zero-order chi connectivity index (χ0) is 18.5. The van der Waals surface area contributed by atoms with Gasteiger partial charge in [0.2, 0.25) is 0 Å². The van der Waals surface area contributed by atoms with Gasteiger partial charge in [-0.3, -0.25) is 0 Å². The average Bonchev–Trinajstić information content (AvgIpc) is 2.73. The second-order valence-electron chi connectivity index (χ2n) is 5.85. The molecule has 1 N–H and O–H groups in total. The molecule has 0 aliphatic rings. The molecule has 0 aliphatic heterocycles. The van der Waals surface area contributed by atoms with Gasteiger partial charge in [0.05, 0.1) is 17.0 Å². The highest BCUT2D eigenvalue weighted by atomic mass is 16.5. The second-order valence-corrected chi connectivity index (χ2v) is 5.85. The van der Waals surface area contributed by atoms with Crippen LogP contribution < -0.4 is 10.1 Å². The van der Waals surface area contributed by atoms with Gasteiger partial charge in [-0.25, -0.2) is 15.0 Å². The van der Waals surface area contributed by atoms with Crippen molar-refractivity contribution in [1.29, 1.82) is 5.26 Å². The van der Waals surface area contributed by atoms with Gasteiger partial charge in [0.15, 0.2) is 5.65 Å². The van der Waals surface area contributed by atoms with E-state index in [0.717, 1.165) is 22.4 Å². The van der Waals surface area contributed by atoms with Crippen LogP contribution in [0.3, 0.4) is 0 Å². The molecular formula is C21H15N5O. The molecule has 0 aliphatic carbocycles. The lowest BCUT2D eigenvalue weighted by Crippen LogP contribution is -1.98. The number of nitriles is 1. The highest BCUT2D eigenvalue weighted by Gasteiger charge is 2.05. The number of rotatable bonds is 5. The van der Waals surface area contributed by atoms with Gasteiger partial charge in [0.1, 0.15) is 24.5 Å². The Kier molecular flexibility index (Phi) is 4.58. The van der Waals surface area contributed by atoms with Crippen LogP contribution in [0.1, 0.15) is 11.1 Å².